The van der Waals surface area contributed by atoms with Gasteiger partial charge in [-0.15, -0.1) is 0 Å². The lowest BCUT2D eigenvalue weighted by atomic mass is 10.0. The van der Waals surface area contributed by atoms with Crippen LogP contribution >= 0.6 is 0 Å². The fraction of sp³-hybridized carbons (Fsp3) is 0.556. The summed E-state index contributed by atoms with van der Waals surface area (Å²) in [5.74, 6) is -0.0642. The van der Waals surface area contributed by atoms with E-state index in [1.807, 2.05) is 20.8 Å². The summed E-state index contributed by atoms with van der Waals surface area (Å²) in [6, 6.07) is 5.14. The molecule has 1 atom stereocenters. The standard InChI is InChI=1S/C18H25NO6/c1-18(2,3)25-17(21)19-8-9-24-15(11-19)12-6-7-13(16(20)23-5)14(10-12)22-4/h6-7,10,15H,8-9,11H2,1-5H3/t15-/m0/s1. The monoisotopic (exact) mass is 351 g/mol. The van der Waals surface area contributed by atoms with Crippen LogP contribution in [0.1, 0.15) is 42.8 Å². The molecule has 138 valence electrons. The zero-order valence-electron chi connectivity index (χ0n) is 15.3. The summed E-state index contributed by atoms with van der Waals surface area (Å²) < 4.78 is 21.2. The summed E-state index contributed by atoms with van der Waals surface area (Å²) in [6.07, 6.45) is -0.680. The molecule has 0 unspecified atom stereocenters. The first kappa shape index (κ1) is 19.1. The van der Waals surface area contributed by atoms with E-state index in [0.29, 0.717) is 31.0 Å². The maximum atomic E-state index is 12.3. The van der Waals surface area contributed by atoms with Crippen LogP contribution in [0.25, 0.3) is 0 Å². The number of carbonyl (C=O) groups excluding carboxylic acids is 2. The molecule has 1 saturated heterocycles. The highest BCUT2D eigenvalue weighted by Crippen LogP contribution is 2.29. The fourth-order valence-corrected chi connectivity index (χ4v) is 2.53. The molecule has 1 fully saturated rings. The van der Waals surface area contributed by atoms with Crippen molar-refractivity contribution >= 4 is 12.1 Å². The number of hydrogen-bond donors (Lipinski definition) is 0. The zero-order valence-corrected chi connectivity index (χ0v) is 15.3. The Bertz CT molecular complexity index is 637. The van der Waals surface area contributed by atoms with Crippen LogP contribution in [0, 0.1) is 0 Å². The number of nitrogens with zero attached hydrogens (tertiary/aromatic N) is 1. The lowest BCUT2D eigenvalue weighted by Crippen LogP contribution is -2.44. The van der Waals surface area contributed by atoms with E-state index in [1.54, 1.807) is 23.1 Å². The van der Waals surface area contributed by atoms with E-state index < -0.39 is 11.6 Å². The summed E-state index contributed by atoms with van der Waals surface area (Å²) in [4.78, 5) is 25.6. The highest BCUT2D eigenvalue weighted by Gasteiger charge is 2.29. The molecule has 7 heteroatoms. The van der Waals surface area contributed by atoms with Gasteiger partial charge in [0, 0.05) is 6.54 Å². The average molecular weight is 351 g/mol. The number of benzene rings is 1. The van der Waals surface area contributed by atoms with Crippen LogP contribution in [0.3, 0.4) is 0 Å². The number of esters is 1. The number of methoxy groups -OCH3 is 2. The van der Waals surface area contributed by atoms with Crippen LogP contribution in [0.4, 0.5) is 4.79 Å². The van der Waals surface area contributed by atoms with Crippen molar-refractivity contribution in [1.29, 1.82) is 0 Å². The largest absolute Gasteiger partial charge is 0.496 e. The molecule has 0 aliphatic carbocycles. The van der Waals surface area contributed by atoms with Gasteiger partial charge in [-0.2, -0.15) is 0 Å². The normalized spacial score (nSPS) is 17.8. The maximum absolute atomic E-state index is 12.3. The smallest absolute Gasteiger partial charge is 0.410 e. The summed E-state index contributed by atoms with van der Waals surface area (Å²) in [6.45, 7) is 6.75. The predicted octanol–water partition coefficient (Wildman–Crippen LogP) is 2.79. The van der Waals surface area contributed by atoms with E-state index in [2.05, 4.69) is 0 Å². The van der Waals surface area contributed by atoms with Gasteiger partial charge in [0.05, 0.1) is 27.4 Å². The molecule has 1 heterocycles. The van der Waals surface area contributed by atoms with Crippen LogP contribution in [0.15, 0.2) is 18.2 Å². The van der Waals surface area contributed by atoms with Gasteiger partial charge in [0.15, 0.2) is 0 Å². The van der Waals surface area contributed by atoms with E-state index in [-0.39, 0.29) is 12.2 Å². The molecule has 0 N–H and O–H groups in total. The topological polar surface area (TPSA) is 74.3 Å². The van der Waals surface area contributed by atoms with Crippen LogP contribution in [0.5, 0.6) is 5.75 Å². The Hall–Kier alpha value is -2.28. The number of ether oxygens (including phenoxy) is 4. The lowest BCUT2D eigenvalue weighted by Gasteiger charge is -2.34. The highest BCUT2D eigenvalue weighted by atomic mass is 16.6. The number of hydrogen-bond acceptors (Lipinski definition) is 6. The molecule has 0 bridgehead atoms. The van der Waals surface area contributed by atoms with Gasteiger partial charge in [-0.05, 0) is 38.5 Å². The minimum absolute atomic E-state index is 0.318. The molecule has 1 amide bonds. The van der Waals surface area contributed by atoms with Gasteiger partial charge in [-0.3, -0.25) is 0 Å². The van der Waals surface area contributed by atoms with Crippen molar-refractivity contribution in [3.8, 4) is 5.75 Å². The third-order valence-corrected chi connectivity index (χ3v) is 3.72. The number of carbonyl (C=O) groups is 2. The SMILES string of the molecule is COC(=O)c1ccc([C@@H]2CN(C(=O)OC(C)(C)C)CCO2)cc1OC. The van der Waals surface area contributed by atoms with E-state index in [9.17, 15) is 9.59 Å². The molecule has 1 aliphatic rings. The van der Waals surface area contributed by atoms with Crippen molar-refractivity contribution in [2.45, 2.75) is 32.5 Å². The molecule has 7 nitrogen and oxygen atoms in total. The molecule has 25 heavy (non-hydrogen) atoms. The van der Waals surface area contributed by atoms with Gasteiger partial charge in [0.2, 0.25) is 0 Å². The first-order valence-electron chi connectivity index (χ1n) is 8.11. The quantitative estimate of drug-likeness (QED) is 0.780. The molecule has 1 aliphatic heterocycles. The number of rotatable bonds is 3. The van der Waals surface area contributed by atoms with E-state index in [1.165, 1.54) is 14.2 Å². The molecule has 1 aromatic carbocycles. The van der Waals surface area contributed by atoms with Gasteiger partial charge in [-0.1, -0.05) is 6.07 Å². The van der Waals surface area contributed by atoms with Gasteiger partial charge in [0.25, 0.3) is 0 Å². The van der Waals surface area contributed by atoms with Crippen LogP contribution in [-0.4, -0.2) is 56.5 Å². The zero-order chi connectivity index (χ0) is 18.6. The van der Waals surface area contributed by atoms with Crippen molar-refractivity contribution in [2.75, 3.05) is 33.9 Å². The first-order chi connectivity index (χ1) is 11.7. The lowest BCUT2D eigenvalue weighted by molar-refractivity contribution is -0.0433. The Morgan fingerprint density at radius 3 is 2.56 bits per heavy atom. The van der Waals surface area contributed by atoms with Crippen LogP contribution in [0.2, 0.25) is 0 Å². The molecule has 0 radical (unpaired) electrons. The Morgan fingerprint density at radius 1 is 1.24 bits per heavy atom. The second kappa shape index (κ2) is 7.74. The summed E-state index contributed by atoms with van der Waals surface area (Å²) in [5.41, 5.74) is 0.613. The molecule has 0 saturated carbocycles. The second-order valence-corrected chi connectivity index (χ2v) is 6.74. The van der Waals surface area contributed by atoms with Gasteiger partial charge in [0.1, 0.15) is 23.0 Å². The average Bonchev–Trinajstić information content (AvgIpc) is 2.59. The van der Waals surface area contributed by atoms with Crippen molar-refractivity contribution in [3.63, 3.8) is 0 Å². The first-order valence-corrected chi connectivity index (χ1v) is 8.11. The minimum Gasteiger partial charge on any atom is -0.496 e. The third-order valence-electron chi connectivity index (χ3n) is 3.72. The minimum atomic E-state index is -0.545. The highest BCUT2D eigenvalue weighted by molar-refractivity contribution is 5.92. The molecular weight excluding hydrogens is 326 g/mol. The molecule has 2 rings (SSSR count). The van der Waals surface area contributed by atoms with Crippen molar-refractivity contribution in [3.05, 3.63) is 29.3 Å². The Morgan fingerprint density at radius 2 is 1.96 bits per heavy atom. The maximum Gasteiger partial charge on any atom is 0.410 e. The van der Waals surface area contributed by atoms with Gasteiger partial charge < -0.3 is 23.8 Å². The number of amides is 1. The predicted molar refractivity (Wildman–Crippen MR) is 90.8 cm³/mol. The molecular formula is C18H25NO6. The van der Waals surface area contributed by atoms with E-state index in [0.717, 1.165) is 5.56 Å². The van der Waals surface area contributed by atoms with Crippen LogP contribution < -0.4 is 4.74 Å². The molecule has 0 aromatic heterocycles. The summed E-state index contributed by atoms with van der Waals surface area (Å²) in [5, 5.41) is 0. The Balaban J connectivity index is 2.15. The third kappa shape index (κ3) is 4.85. The van der Waals surface area contributed by atoms with Crippen LogP contribution in [-0.2, 0) is 14.2 Å². The fourth-order valence-electron chi connectivity index (χ4n) is 2.53. The van der Waals surface area contributed by atoms with E-state index in [4.69, 9.17) is 18.9 Å². The van der Waals surface area contributed by atoms with Crippen molar-refractivity contribution in [1.82, 2.24) is 4.90 Å². The van der Waals surface area contributed by atoms with Gasteiger partial charge in [-0.25, -0.2) is 9.59 Å². The summed E-state index contributed by atoms with van der Waals surface area (Å²) in [7, 11) is 2.80. The van der Waals surface area contributed by atoms with Crippen molar-refractivity contribution in [2.24, 2.45) is 0 Å². The van der Waals surface area contributed by atoms with Crippen molar-refractivity contribution < 1.29 is 28.5 Å². The van der Waals surface area contributed by atoms with E-state index >= 15 is 0 Å². The Kier molecular flexibility index (Phi) is 5.89. The number of morpholine rings is 1. The summed E-state index contributed by atoms with van der Waals surface area (Å²) >= 11 is 0. The second-order valence-electron chi connectivity index (χ2n) is 6.74. The molecule has 0 spiro atoms. The van der Waals surface area contributed by atoms with Gasteiger partial charge >= 0.3 is 12.1 Å². The Labute approximate surface area is 147 Å². The molecule has 1 aromatic rings.